The van der Waals surface area contributed by atoms with Crippen molar-refractivity contribution in [2.45, 2.75) is 19.8 Å². The molecule has 0 nitrogen and oxygen atoms in total. The van der Waals surface area contributed by atoms with Crippen LogP contribution in [-0.4, -0.2) is 0 Å². The second kappa shape index (κ2) is 3.40. The standard InChI is InChI=1S/C10H14/c1-3-10-7-5-4-6-9(2)8-10/h3-5,7,9H,1,6,8H2,2H3. The molecule has 0 bridgehead atoms. The molecule has 1 rings (SSSR count). The predicted octanol–water partition coefficient (Wildman–Crippen LogP) is 3.08. The minimum absolute atomic E-state index is 0.781. The second-order valence-electron chi connectivity index (χ2n) is 2.92. The molecule has 0 fully saturated rings. The van der Waals surface area contributed by atoms with E-state index < -0.39 is 0 Å². The average Bonchev–Trinajstić information content (AvgIpc) is 2.13. The van der Waals surface area contributed by atoms with Crippen LogP contribution in [0.4, 0.5) is 0 Å². The number of hydrogen-bond donors (Lipinski definition) is 0. The lowest BCUT2D eigenvalue weighted by molar-refractivity contribution is 0.596. The van der Waals surface area contributed by atoms with Gasteiger partial charge in [-0.15, -0.1) is 0 Å². The number of allylic oxidation sites excluding steroid dienone is 5. The van der Waals surface area contributed by atoms with Crippen molar-refractivity contribution in [3.05, 3.63) is 36.5 Å². The molecule has 10 heavy (non-hydrogen) atoms. The molecular formula is C10H14. The van der Waals surface area contributed by atoms with E-state index >= 15 is 0 Å². The van der Waals surface area contributed by atoms with Crippen molar-refractivity contribution in [1.82, 2.24) is 0 Å². The summed E-state index contributed by atoms with van der Waals surface area (Å²) in [5.41, 5.74) is 1.36. The van der Waals surface area contributed by atoms with Crippen molar-refractivity contribution in [3.8, 4) is 0 Å². The third-order valence-corrected chi connectivity index (χ3v) is 1.83. The van der Waals surface area contributed by atoms with Crippen molar-refractivity contribution in [1.29, 1.82) is 0 Å². The maximum atomic E-state index is 3.76. The normalized spacial score (nSPS) is 25.3. The van der Waals surface area contributed by atoms with Gasteiger partial charge in [-0.05, 0) is 24.3 Å². The molecule has 1 aliphatic rings. The summed E-state index contributed by atoms with van der Waals surface area (Å²) >= 11 is 0. The van der Waals surface area contributed by atoms with E-state index in [0.29, 0.717) is 0 Å². The maximum Gasteiger partial charge on any atom is -0.0250 e. The molecule has 0 aromatic carbocycles. The van der Waals surface area contributed by atoms with Gasteiger partial charge in [-0.2, -0.15) is 0 Å². The molecule has 1 aliphatic carbocycles. The van der Waals surface area contributed by atoms with Gasteiger partial charge in [-0.3, -0.25) is 0 Å². The summed E-state index contributed by atoms with van der Waals surface area (Å²) < 4.78 is 0. The average molecular weight is 134 g/mol. The first-order valence-corrected chi connectivity index (χ1v) is 3.81. The molecule has 0 heterocycles. The molecule has 0 spiro atoms. The van der Waals surface area contributed by atoms with Crippen LogP contribution in [0.2, 0.25) is 0 Å². The molecule has 0 aromatic heterocycles. The first-order valence-electron chi connectivity index (χ1n) is 3.81. The Kier molecular flexibility index (Phi) is 2.49. The minimum atomic E-state index is 0.781. The van der Waals surface area contributed by atoms with Gasteiger partial charge >= 0.3 is 0 Å². The molecule has 0 aliphatic heterocycles. The highest BCUT2D eigenvalue weighted by Gasteiger charge is 2.03. The van der Waals surface area contributed by atoms with Gasteiger partial charge in [0.25, 0.3) is 0 Å². The molecular weight excluding hydrogens is 120 g/mol. The Hall–Kier alpha value is -0.780. The van der Waals surface area contributed by atoms with Crippen molar-refractivity contribution < 1.29 is 0 Å². The lowest BCUT2D eigenvalue weighted by atomic mass is 10.0. The van der Waals surface area contributed by atoms with Gasteiger partial charge in [0, 0.05) is 0 Å². The quantitative estimate of drug-likeness (QED) is 0.517. The molecule has 1 atom stereocenters. The summed E-state index contributed by atoms with van der Waals surface area (Å²) in [5, 5.41) is 0. The summed E-state index contributed by atoms with van der Waals surface area (Å²) in [7, 11) is 0. The Balaban J connectivity index is 2.65. The lowest BCUT2D eigenvalue weighted by Crippen LogP contribution is -1.91. The summed E-state index contributed by atoms with van der Waals surface area (Å²) in [6.45, 7) is 6.03. The summed E-state index contributed by atoms with van der Waals surface area (Å²) in [6.07, 6.45) is 10.8. The van der Waals surface area contributed by atoms with Crippen LogP contribution < -0.4 is 0 Å². The Morgan fingerprint density at radius 3 is 3.20 bits per heavy atom. The Morgan fingerprint density at radius 2 is 2.50 bits per heavy atom. The van der Waals surface area contributed by atoms with Crippen molar-refractivity contribution in [2.75, 3.05) is 0 Å². The molecule has 0 saturated carbocycles. The van der Waals surface area contributed by atoms with Crippen molar-refractivity contribution in [2.24, 2.45) is 5.92 Å². The fourth-order valence-corrected chi connectivity index (χ4v) is 1.21. The smallest absolute Gasteiger partial charge is 0.0250 e. The van der Waals surface area contributed by atoms with Crippen LogP contribution in [0.5, 0.6) is 0 Å². The highest BCUT2D eigenvalue weighted by Crippen LogP contribution is 2.18. The summed E-state index contributed by atoms with van der Waals surface area (Å²) in [5.74, 6) is 0.781. The van der Waals surface area contributed by atoms with Crippen LogP contribution >= 0.6 is 0 Å². The van der Waals surface area contributed by atoms with E-state index in [9.17, 15) is 0 Å². The zero-order chi connectivity index (χ0) is 7.40. The maximum absolute atomic E-state index is 3.76. The fraction of sp³-hybridized carbons (Fsp3) is 0.400. The Labute approximate surface area is 62.9 Å². The largest absolute Gasteiger partial charge is 0.0988 e. The van der Waals surface area contributed by atoms with E-state index in [1.165, 1.54) is 18.4 Å². The third-order valence-electron chi connectivity index (χ3n) is 1.83. The minimum Gasteiger partial charge on any atom is -0.0988 e. The van der Waals surface area contributed by atoms with Crippen LogP contribution in [0.15, 0.2) is 36.5 Å². The Bertz CT molecular complexity index is 172. The van der Waals surface area contributed by atoms with E-state index in [4.69, 9.17) is 0 Å². The van der Waals surface area contributed by atoms with Crippen LogP contribution in [0.3, 0.4) is 0 Å². The molecule has 0 N–H and O–H groups in total. The zero-order valence-corrected chi connectivity index (χ0v) is 6.51. The van der Waals surface area contributed by atoms with Gasteiger partial charge < -0.3 is 0 Å². The summed E-state index contributed by atoms with van der Waals surface area (Å²) in [6, 6.07) is 0. The van der Waals surface area contributed by atoms with Crippen LogP contribution in [-0.2, 0) is 0 Å². The molecule has 0 saturated heterocycles. The van der Waals surface area contributed by atoms with Crippen molar-refractivity contribution >= 4 is 0 Å². The third kappa shape index (κ3) is 1.87. The Morgan fingerprint density at radius 1 is 1.70 bits per heavy atom. The molecule has 0 aromatic rings. The monoisotopic (exact) mass is 134 g/mol. The van der Waals surface area contributed by atoms with Gasteiger partial charge in [0.15, 0.2) is 0 Å². The lowest BCUT2D eigenvalue weighted by Gasteiger charge is -2.05. The first kappa shape index (κ1) is 7.33. The molecule has 0 amide bonds. The second-order valence-corrected chi connectivity index (χ2v) is 2.92. The van der Waals surface area contributed by atoms with Gasteiger partial charge in [-0.1, -0.05) is 37.8 Å². The number of hydrogen-bond acceptors (Lipinski definition) is 0. The van der Waals surface area contributed by atoms with Crippen LogP contribution in [0, 0.1) is 5.92 Å². The van der Waals surface area contributed by atoms with Gasteiger partial charge in [0.1, 0.15) is 0 Å². The van der Waals surface area contributed by atoms with Crippen LogP contribution in [0.25, 0.3) is 0 Å². The first-order chi connectivity index (χ1) is 4.83. The molecule has 0 heteroatoms. The van der Waals surface area contributed by atoms with Gasteiger partial charge in [0.05, 0.1) is 0 Å². The topological polar surface area (TPSA) is 0 Å². The molecule has 1 unspecified atom stereocenters. The van der Waals surface area contributed by atoms with Crippen molar-refractivity contribution in [3.63, 3.8) is 0 Å². The SMILES string of the molecule is C=CC1=CC=CCC(C)C1. The van der Waals surface area contributed by atoms with E-state index in [1.54, 1.807) is 0 Å². The molecule has 0 radical (unpaired) electrons. The van der Waals surface area contributed by atoms with Gasteiger partial charge in [-0.25, -0.2) is 0 Å². The zero-order valence-electron chi connectivity index (χ0n) is 6.51. The van der Waals surface area contributed by atoms with Gasteiger partial charge in [0.2, 0.25) is 0 Å². The summed E-state index contributed by atoms with van der Waals surface area (Å²) in [4.78, 5) is 0. The molecule has 54 valence electrons. The number of rotatable bonds is 1. The highest BCUT2D eigenvalue weighted by molar-refractivity contribution is 5.24. The predicted molar refractivity (Wildman–Crippen MR) is 45.8 cm³/mol. The highest BCUT2D eigenvalue weighted by atomic mass is 14.1. The van der Waals surface area contributed by atoms with E-state index in [2.05, 4.69) is 31.7 Å². The van der Waals surface area contributed by atoms with Crippen LogP contribution in [0.1, 0.15) is 19.8 Å². The van der Waals surface area contributed by atoms with E-state index in [0.717, 1.165) is 5.92 Å². The fourth-order valence-electron chi connectivity index (χ4n) is 1.21. The van der Waals surface area contributed by atoms with E-state index in [-0.39, 0.29) is 0 Å². The van der Waals surface area contributed by atoms with E-state index in [1.807, 2.05) is 6.08 Å².